The molecule has 12 aromatic rings. The van der Waals surface area contributed by atoms with Gasteiger partial charge in [0.05, 0.1) is 11.0 Å². The van der Waals surface area contributed by atoms with E-state index in [-0.39, 0.29) is 0 Å². The van der Waals surface area contributed by atoms with Gasteiger partial charge in [0.2, 0.25) is 0 Å². The summed E-state index contributed by atoms with van der Waals surface area (Å²) >= 11 is 0. The predicted octanol–water partition coefficient (Wildman–Crippen LogP) is 15.5. The first-order valence-corrected chi connectivity index (χ1v) is 20.3. The molecule has 11 aromatic carbocycles. The Labute approximate surface area is 341 Å². The Kier molecular flexibility index (Phi) is 7.57. The zero-order valence-electron chi connectivity index (χ0n) is 32.2. The van der Waals surface area contributed by atoms with E-state index in [9.17, 15) is 0 Å². The number of imidazole rings is 1. The topological polar surface area (TPSA) is 17.8 Å². The molecule has 1 heterocycles. The molecule has 0 atom stereocenters. The van der Waals surface area contributed by atoms with Gasteiger partial charge in [-0.2, -0.15) is 0 Å². The van der Waals surface area contributed by atoms with Gasteiger partial charge in [0.15, 0.2) is 0 Å². The molecule has 0 N–H and O–H groups in total. The summed E-state index contributed by atoms with van der Waals surface area (Å²) in [6.45, 7) is 0. The molecule has 0 saturated heterocycles. The minimum atomic E-state index is 0.938. The largest absolute Gasteiger partial charge is 0.292 e. The second-order valence-electron chi connectivity index (χ2n) is 15.4. The van der Waals surface area contributed by atoms with E-state index >= 15 is 0 Å². The molecule has 0 aliphatic rings. The van der Waals surface area contributed by atoms with Crippen LogP contribution in [-0.2, 0) is 0 Å². The van der Waals surface area contributed by atoms with Gasteiger partial charge in [0.25, 0.3) is 0 Å². The summed E-state index contributed by atoms with van der Waals surface area (Å²) in [5.41, 5.74) is 11.7. The van der Waals surface area contributed by atoms with Crippen LogP contribution in [0, 0.1) is 0 Å². The highest BCUT2D eigenvalue weighted by Gasteiger charge is 2.23. The van der Waals surface area contributed by atoms with Crippen molar-refractivity contribution in [3.05, 3.63) is 218 Å². The van der Waals surface area contributed by atoms with Gasteiger partial charge in [0.1, 0.15) is 5.82 Å². The zero-order valence-corrected chi connectivity index (χ0v) is 32.2. The minimum absolute atomic E-state index is 0.938. The van der Waals surface area contributed by atoms with E-state index in [0.29, 0.717) is 0 Å². The van der Waals surface area contributed by atoms with Crippen molar-refractivity contribution >= 4 is 64.9 Å². The normalized spacial score (nSPS) is 11.7. The molecule has 0 saturated carbocycles. The molecule has 0 radical (unpaired) electrons. The third-order valence-electron chi connectivity index (χ3n) is 12.1. The summed E-state index contributed by atoms with van der Waals surface area (Å²) in [7, 11) is 0. The molecule has 274 valence electrons. The van der Waals surface area contributed by atoms with E-state index < -0.39 is 0 Å². The molecule has 2 nitrogen and oxygen atoms in total. The summed E-state index contributed by atoms with van der Waals surface area (Å²) in [5, 5.41) is 12.2. The van der Waals surface area contributed by atoms with Gasteiger partial charge in [0, 0.05) is 11.3 Å². The fourth-order valence-corrected chi connectivity index (χ4v) is 9.61. The Morgan fingerprint density at radius 2 is 0.627 bits per heavy atom. The average Bonchev–Trinajstić information content (AvgIpc) is 3.67. The van der Waals surface area contributed by atoms with Crippen LogP contribution in [0.4, 0.5) is 0 Å². The highest BCUT2D eigenvalue weighted by molar-refractivity contribution is 6.23. The number of benzene rings is 11. The third-order valence-corrected chi connectivity index (χ3v) is 12.1. The van der Waals surface area contributed by atoms with Crippen LogP contribution in [0.2, 0.25) is 0 Å². The summed E-state index contributed by atoms with van der Waals surface area (Å²) < 4.78 is 2.35. The SMILES string of the molecule is c1ccc(-c2c3ccccc3c(-c3ccc(-c4c5ccccc5c(-c5nc6cc7ccccc7cc6n5-c5ccccc5)c5ccccc45)cc3)c3ccccc23)cc1. The highest BCUT2D eigenvalue weighted by Crippen LogP contribution is 2.47. The van der Waals surface area contributed by atoms with Crippen LogP contribution in [0.15, 0.2) is 218 Å². The van der Waals surface area contributed by atoms with E-state index in [1.54, 1.807) is 0 Å². The van der Waals surface area contributed by atoms with Gasteiger partial charge in [-0.1, -0.05) is 194 Å². The number of nitrogens with zero attached hydrogens (tertiary/aromatic N) is 2. The number of para-hydroxylation sites is 1. The van der Waals surface area contributed by atoms with Crippen LogP contribution in [0.5, 0.6) is 0 Å². The Morgan fingerprint density at radius 1 is 0.288 bits per heavy atom. The van der Waals surface area contributed by atoms with Gasteiger partial charge in [-0.25, -0.2) is 4.98 Å². The molecular formula is C57H36N2. The number of hydrogen-bond acceptors (Lipinski definition) is 1. The van der Waals surface area contributed by atoms with Gasteiger partial charge >= 0.3 is 0 Å². The highest BCUT2D eigenvalue weighted by atomic mass is 15.1. The lowest BCUT2D eigenvalue weighted by Crippen LogP contribution is -1.99. The van der Waals surface area contributed by atoms with Gasteiger partial charge in [-0.3, -0.25) is 4.57 Å². The first-order chi connectivity index (χ1) is 29.3. The second-order valence-corrected chi connectivity index (χ2v) is 15.4. The number of hydrogen-bond donors (Lipinski definition) is 0. The third kappa shape index (κ3) is 5.24. The molecule has 0 fully saturated rings. The van der Waals surface area contributed by atoms with Crippen molar-refractivity contribution in [3.63, 3.8) is 0 Å². The molecule has 59 heavy (non-hydrogen) atoms. The van der Waals surface area contributed by atoms with E-state index in [0.717, 1.165) is 28.1 Å². The Balaban J connectivity index is 1.09. The van der Waals surface area contributed by atoms with E-state index in [1.807, 2.05) is 0 Å². The monoisotopic (exact) mass is 748 g/mol. The second kappa shape index (κ2) is 13.4. The van der Waals surface area contributed by atoms with Crippen molar-refractivity contribution < 1.29 is 0 Å². The van der Waals surface area contributed by atoms with Crippen molar-refractivity contribution in [2.75, 3.05) is 0 Å². The van der Waals surface area contributed by atoms with Crippen molar-refractivity contribution in [2.24, 2.45) is 0 Å². The minimum Gasteiger partial charge on any atom is -0.292 e. The van der Waals surface area contributed by atoms with Crippen LogP contribution in [0.1, 0.15) is 0 Å². The van der Waals surface area contributed by atoms with Crippen LogP contribution in [0.3, 0.4) is 0 Å². The lowest BCUT2D eigenvalue weighted by atomic mass is 9.85. The summed E-state index contributed by atoms with van der Waals surface area (Å²) in [6.07, 6.45) is 0. The van der Waals surface area contributed by atoms with E-state index in [1.165, 1.54) is 87.2 Å². The van der Waals surface area contributed by atoms with Gasteiger partial charge < -0.3 is 0 Å². The number of aromatic nitrogens is 2. The predicted molar refractivity (Wildman–Crippen MR) is 250 cm³/mol. The smallest absolute Gasteiger partial charge is 0.146 e. The summed E-state index contributed by atoms with van der Waals surface area (Å²) in [6, 6.07) is 79.3. The van der Waals surface area contributed by atoms with E-state index in [2.05, 4.69) is 223 Å². The molecule has 0 amide bonds. The Morgan fingerprint density at radius 3 is 1.07 bits per heavy atom. The molecule has 1 aromatic heterocycles. The van der Waals surface area contributed by atoms with E-state index in [4.69, 9.17) is 4.98 Å². The maximum Gasteiger partial charge on any atom is 0.146 e. The van der Waals surface area contributed by atoms with Crippen molar-refractivity contribution in [1.82, 2.24) is 9.55 Å². The molecule has 0 bridgehead atoms. The molecule has 2 heteroatoms. The molecular weight excluding hydrogens is 713 g/mol. The molecule has 0 aliphatic carbocycles. The lowest BCUT2D eigenvalue weighted by Gasteiger charge is -2.19. The van der Waals surface area contributed by atoms with Crippen molar-refractivity contribution in [3.8, 4) is 50.5 Å². The van der Waals surface area contributed by atoms with Crippen LogP contribution < -0.4 is 0 Å². The Hall–Kier alpha value is -7.81. The fourth-order valence-electron chi connectivity index (χ4n) is 9.61. The number of rotatable bonds is 5. The standard InChI is InChI=1S/C57H36N2/c1-3-17-37(18-4-1)53-43-23-9-11-25-45(43)54(46-26-12-10-24-44(46)53)38-31-33-39(34-32-38)55-47-27-13-15-29-49(47)56(50-30-16-14-28-48(50)55)57-58-51-35-40-19-7-8-20-41(40)36-52(51)59(57)42-21-5-2-6-22-42/h1-36H. The molecule has 0 spiro atoms. The van der Waals surface area contributed by atoms with Crippen LogP contribution in [0.25, 0.3) is 115 Å². The van der Waals surface area contributed by atoms with Crippen molar-refractivity contribution in [2.45, 2.75) is 0 Å². The maximum atomic E-state index is 5.50. The quantitative estimate of drug-likeness (QED) is 0.160. The van der Waals surface area contributed by atoms with Crippen LogP contribution >= 0.6 is 0 Å². The van der Waals surface area contributed by atoms with Crippen LogP contribution in [-0.4, -0.2) is 9.55 Å². The maximum absolute atomic E-state index is 5.50. The van der Waals surface area contributed by atoms with Gasteiger partial charge in [-0.15, -0.1) is 0 Å². The average molecular weight is 749 g/mol. The first kappa shape index (κ1) is 33.3. The molecule has 12 rings (SSSR count). The summed E-state index contributed by atoms with van der Waals surface area (Å²) in [4.78, 5) is 5.50. The zero-order chi connectivity index (χ0) is 38.9. The molecule has 0 unspecified atom stereocenters. The lowest BCUT2D eigenvalue weighted by molar-refractivity contribution is 1.11. The fraction of sp³-hybridized carbons (Fsp3) is 0. The first-order valence-electron chi connectivity index (χ1n) is 20.3. The van der Waals surface area contributed by atoms with Crippen molar-refractivity contribution in [1.29, 1.82) is 0 Å². The molecule has 0 aliphatic heterocycles. The Bertz CT molecular complexity index is 3470. The number of fused-ring (bicyclic) bond motifs is 6. The van der Waals surface area contributed by atoms with Gasteiger partial charge in [-0.05, 0) is 112 Å². The summed E-state index contributed by atoms with van der Waals surface area (Å²) in [5.74, 6) is 0.938.